The number of rotatable bonds is 9. The third-order valence-electron chi connectivity index (χ3n) is 5.32. The predicted octanol–water partition coefficient (Wildman–Crippen LogP) is 3.48. The predicted molar refractivity (Wildman–Crippen MR) is 115 cm³/mol. The molecule has 1 aliphatic rings. The summed E-state index contributed by atoms with van der Waals surface area (Å²) in [4.78, 5) is 4.16. The highest BCUT2D eigenvalue weighted by Gasteiger charge is 2.42. The van der Waals surface area contributed by atoms with Crippen LogP contribution in [0.5, 0.6) is 0 Å². The SMILES string of the molecule is Cc1ccc(S(=O)(=O)OCC2COC(CCc3ccc(F)cc3)(Cn3ccnc3)O2)cc1. The molecule has 0 N–H and O–H groups in total. The average Bonchev–Trinajstić information content (AvgIpc) is 3.43. The first-order valence-corrected chi connectivity index (χ1v) is 11.7. The van der Waals surface area contributed by atoms with Gasteiger partial charge in [0.15, 0.2) is 5.79 Å². The maximum Gasteiger partial charge on any atom is 0.297 e. The zero-order chi connectivity index (χ0) is 22.6. The molecule has 7 nitrogen and oxygen atoms in total. The van der Waals surface area contributed by atoms with Crippen LogP contribution in [-0.4, -0.2) is 43.1 Å². The van der Waals surface area contributed by atoms with Gasteiger partial charge in [0.05, 0.1) is 31.0 Å². The molecule has 0 amide bonds. The first kappa shape index (κ1) is 22.6. The van der Waals surface area contributed by atoms with Gasteiger partial charge < -0.3 is 14.0 Å². The van der Waals surface area contributed by atoms with E-state index in [0.717, 1.165) is 11.1 Å². The Kier molecular flexibility index (Phi) is 6.71. The molecule has 0 radical (unpaired) electrons. The summed E-state index contributed by atoms with van der Waals surface area (Å²) in [5, 5.41) is 0. The number of hydrogen-bond acceptors (Lipinski definition) is 6. The van der Waals surface area contributed by atoms with Crippen LogP contribution in [0.25, 0.3) is 0 Å². The maximum absolute atomic E-state index is 13.2. The van der Waals surface area contributed by atoms with E-state index in [1.54, 1.807) is 43.0 Å². The number of aryl methyl sites for hydroxylation is 2. The van der Waals surface area contributed by atoms with E-state index in [1.165, 1.54) is 24.3 Å². The summed E-state index contributed by atoms with van der Waals surface area (Å²) in [6.45, 7) is 2.31. The average molecular weight is 461 g/mol. The first-order valence-electron chi connectivity index (χ1n) is 10.3. The van der Waals surface area contributed by atoms with Gasteiger partial charge in [-0.05, 0) is 43.2 Å². The summed E-state index contributed by atoms with van der Waals surface area (Å²) in [5.41, 5.74) is 1.91. The lowest BCUT2D eigenvalue weighted by Gasteiger charge is -2.28. The summed E-state index contributed by atoms with van der Waals surface area (Å²) in [6.07, 6.45) is 5.68. The third-order valence-corrected chi connectivity index (χ3v) is 6.62. The van der Waals surface area contributed by atoms with Crippen molar-refractivity contribution in [3.8, 4) is 0 Å². The highest BCUT2D eigenvalue weighted by Crippen LogP contribution is 2.31. The van der Waals surface area contributed by atoms with Crippen LogP contribution in [0.3, 0.4) is 0 Å². The van der Waals surface area contributed by atoms with Gasteiger partial charge in [-0.1, -0.05) is 29.8 Å². The Morgan fingerprint density at radius 2 is 1.94 bits per heavy atom. The van der Waals surface area contributed by atoms with Crippen LogP contribution in [0.2, 0.25) is 0 Å². The van der Waals surface area contributed by atoms with Crippen LogP contribution in [0.15, 0.2) is 72.1 Å². The molecule has 9 heteroatoms. The smallest absolute Gasteiger partial charge is 0.297 e. The van der Waals surface area contributed by atoms with E-state index in [-0.39, 0.29) is 23.9 Å². The van der Waals surface area contributed by atoms with Crippen LogP contribution in [0, 0.1) is 12.7 Å². The molecule has 0 bridgehead atoms. The molecular weight excluding hydrogens is 435 g/mol. The van der Waals surface area contributed by atoms with Crippen molar-refractivity contribution < 1.29 is 26.5 Å². The maximum atomic E-state index is 13.2. The normalized spacial score (nSPS) is 21.1. The molecule has 0 aliphatic carbocycles. The minimum Gasteiger partial charge on any atom is -0.345 e. The van der Waals surface area contributed by atoms with Crippen molar-refractivity contribution in [2.75, 3.05) is 13.2 Å². The van der Waals surface area contributed by atoms with Gasteiger partial charge in [-0.3, -0.25) is 4.18 Å². The largest absolute Gasteiger partial charge is 0.345 e. The standard InChI is InChI=1S/C23H25FN2O5S/c1-18-2-8-22(9-3-18)32(27,28)30-15-21-14-29-23(31-21,16-26-13-12-25-17-26)11-10-19-4-6-20(24)7-5-19/h2-9,12-13,17,21H,10-11,14-16H2,1H3. The molecule has 2 heterocycles. The van der Waals surface area contributed by atoms with Gasteiger partial charge in [0.25, 0.3) is 10.1 Å². The minimum atomic E-state index is -3.90. The lowest BCUT2D eigenvalue weighted by Crippen LogP contribution is -2.37. The number of hydrogen-bond donors (Lipinski definition) is 0. The van der Waals surface area contributed by atoms with Crippen LogP contribution in [0.1, 0.15) is 17.5 Å². The quantitative estimate of drug-likeness (QED) is 0.455. The van der Waals surface area contributed by atoms with E-state index in [1.807, 2.05) is 11.5 Å². The van der Waals surface area contributed by atoms with E-state index < -0.39 is 22.0 Å². The van der Waals surface area contributed by atoms with Crippen molar-refractivity contribution in [2.45, 2.75) is 43.1 Å². The fraction of sp³-hybridized carbons (Fsp3) is 0.348. The zero-order valence-electron chi connectivity index (χ0n) is 17.7. The van der Waals surface area contributed by atoms with Crippen LogP contribution in [0.4, 0.5) is 4.39 Å². The Morgan fingerprint density at radius 1 is 1.19 bits per heavy atom. The topological polar surface area (TPSA) is 79.7 Å². The summed E-state index contributed by atoms with van der Waals surface area (Å²) >= 11 is 0. The molecule has 1 aromatic heterocycles. The zero-order valence-corrected chi connectivity index (χ0v) is 18.5. The van der Waals surface area contributed by atoms with Gasteiger partial charge in [-0.2, -0.15) is 8.42 Å². The number of halogens is 1. The second-order valence-corrected chi connectivity index (χ2v) is 9.49. The van der Waals surface area contributed by atoms with E-state index in [4.69, 9.17) is 13.7 Å². The van der Waals surface area contributed by atoms with E-state index in [0.29, 0.717) is 19.4 Å². The molecular formula is C23H25FN2O5S. The lowest BCUT2D eigenvalue weighted by molar-refractivity contribution is -0.184. The number of benzene rings is 2. The molecule has 0 saturated carbocycles. The van der Waals surface area contributed by atoms with Crippen molar-refractivity contribution in [1.29, 1.82) is 0 Å². The number of ether oxygens (including phenoxy) is 2. The molecule has 2 aromatic carbocycles. The Morgan fingerprint density at radius 3 is 2.62 bits per heavy atom. The Balaban J connectivity index is 1.42. The van der Waals surface area contributed by atoms with Gasteiger partial charge in [0.1, 0.15) is 11.9 Å². The monoisotopic (exact) mass is 460 g/mol. The number of nitrogens with zero attached hydrogens (tertiary/aromatic N) is 2. The van der Waals surface area contributed by atoms with Crippen LogP contribution in [-0.2, 0) is 36.7 Å². The summed E-state index contributed by atoms with van der Waals surface area (Å²) in [7, 11) is -3.90. The van der Waals surface area contributed by atoms with E-state index in [2.05, 4.69) is 4.98 Å². The van der Waals surface area contributed by atoms with Gasteiger partial charge in [-0.25, -0.2) is 9.37 Å². The van der Waals surface area contributed by atoms with Gasteiger partial charge in [-0.15, -0.1) is 0 Å². The molecule has 170 valence electrons. The molecule has 3 aromatic rings. The molecule has 1 fully saturated rings. The lowest BCUT2D eigenvalue weighted by atomic mass is 10.0. The molecule has 1 saturated heterocycles. The number of imidazole rings is 1. The second-order valence-electron chi connectivity index (χ2n) is 7.87. The molecule has 1 aliphatic heterocycles. The van der Waals surface area contributed by atoms with Crippen molar-refractivity contribution in [3.05, 3.63) is 84.2 Å². The van der Waals surface area contributed by atoms with Crippen molar-refractivity contribution in [1.82, 2.24) is 9.55 Å². The van der Waals surface area contributed by atoms with Gasteiger partial charge in [0.2, 0.25) is 0 Å². The number of aromatic nitrogens is 2. The minimum absolute atomic E-state index is 0.100. The van der Waals surface area contributed by atoms with Crippen molar-refractivity contribution in [3.63, 3.8) is 0 Å². The van der Waals surface area contributed by atoms with Gasteiger partial charge >= 0.3 is 0 Å². The molecule has 0 spiro atoms. The summed E-state index contributed by atoms with van der Waals surface area (Å²) in [5.74, 6) is -1.27. The molecule has 2 unspecified atom stereocenters. The van der Waals surface area contributed by atoms with Crippen molar-refractivity contribution >= 4 is 10.1 Å². The molecule has 4 rings (SSSR count). The van der Waals surface area contributed by atoms with E-state index >= 15 is 0 Å². The first-order chi connectivity index (χ1) is 15.3. The van der Waals surface area contributed by atoms with Crippen LogP contribution >= 0.6 is 0 Å². The third kappa shape index (κ3) is 5.60. The molecule has 2 atom stereocenters. The Hall–Kier alpha value is -2.59. The highest BCUT2D eigenvalue weighted by molar-refractivity contribution is 7.86. The van der Waals surface area contributed by atoms with E-state index in [9.17, 15) is 12.8 Å². The Bertz CT molecular complexity index is 1120. The fourth-order valence-electron chi connectivity index (χ4n) is 3.57. The second kappa shape index (κ2) is 9.50. The fourth-order valence-corrected chi connectivity index (χ4v) is 4.51. The molecule has 32 heavy (non-hydrogen) atoms. The Labute approximate surface area is 186 Å². The van der Waals surface area contributed by atoms with Gasteiger partial charge in [0, 0.05) is 18.8 Å². The highest BCUT2D eigenvalue weighted by atomic mass is 32.2. The van der Waals surface area contributed by atoms with Crippen LogP contribution < -0.4 is 0 Å². The van der Waals surface area contributed by atoms with Crippen molar-refractivity contribution in [2.24, 2.45) is 0 Å². The summed E-state index contributed by atoms with van der Waals surface area (Å²) < 4.78 is 57.5. The summed E-state index contributed by atoms with van der Waals surface area (Å²) in [6, 6.07) is 12.8.